The van der Waals surface area contributed by atoms with Crippen LogP contribution in [0.15, 0.2) is 12.1 Å². The Labute approximate surface area is 118 Å². The van der Waals surface area contributed by atoms with Crippen LogP contribution in [0.3, 0.4) is 0 Å². The first-order chi connectivity index (χ1) is 9.33. The quantitative estimate of drug-likeness (QED) is 0.859. The number of nitrogen functional groups attached to an aromatic ring is 1. The van der Waals surface area contributed by atoms with Crippen LogP contribution < -0.4 is 15.2 Å². The van der Waals surface area contributed by atoms with E-state index in [1.54, 1.807) is 0 Å². The van der Waals surface area contributed by atoms with Gasteiger partial charge in [-0.05, 0) is 24.5 Å². The van der Waals surface area contributed by atoms with Gasteiger partial charge in [0.15, 0.2) is 11.5 Å². The summed E-state index contributed by atoms with van der Waals surface area (Å²) < 4.78 is 11.2. The number of thioether (sulfide) groups is 1. The Bertz CT molecular complexity index is 444. The summed E-state index contributed by atoms with van der Waals surface area (Å²) in [6.45, 7) is 1.24. The van der Waals surface area contributed by atoms with Gasteiger partial charge in [0.2, 0.25) is 0 Å². The number of anilines is 1. The predicted octanol–water partition coefficient (Wildman–Crippen LogP) is 3.61. The topological polar surface area (TPSA) is 44.5 Å². The maximum absolute atomic E-state index is 6.11. The van der Waals surface area contributed by atoms with Crippen molar-refractivity contribution in [2.24, 2.45) is 0 Å². The monoisotopic (exact) mass is 279 g/mol. The van der Waals surface area contributed by atoms with E-state index in [2.05, 4.69) is 6.07 Å². The van der Waals surface area contributed by atoms with E-state index < -0.39 is 0 Å². The van der Waals surface area contributed by atoms with Crippen LogP contribution in [0.2, 0.25) is 0 Å². The molecule has 0 saturated heterocycles. The van der Waals surface area contributed by atoms with Crippen molar-refractivity contribution in [1.29, 1.82) is 0 Å². The Morgan fingerprint density at radius 1 is 1.05 bits per heavy atom. The minimum atomic E-state index is 0.614. The predicted molar refractivity (Wildman–Crippen MR) is 80.0 cm³/mol. The number of hydrogen-bond donors (Lipinski definition) is 1. The molecule has 1 aliphatic carbocycles. The Hall–Kier alpha value is -1.03. The number of benzene rings is 1. The van der Waals surface area contributed by atoms with Crippen LogP contribution in [-0.4, -0.2) is 18.5 Å². The largest absolute Gasteiger partial charge is 0.486 e. The number of hydrogen-bond acceptors (Lipinski definition) is 4. The van der Waals surface area contributed by atoms with E-state index in [-0.39, 0.29) is 0 Å². The molecule has 1 heterocycles. The van der Waals surface area contributed by atoms with E-state index in [0.29, 0.717) is 13.2 Å². The van der Waals surface area contributed by atoms with Gasteiger partial charge in [-0.15, -0.1) is 0 Å². The molecule has 104 valence electrons. The van der Waals surface area contributed by atoms with Crippen LogP contribution in [0.4, 0.5) is 5.69 Å². The molecular formula is C15H21NO2S. The molecule has 2 aliphatic rings. The third-order valence-electron chi connectivity index (χ3n) is 3.83. The highest BCUT2D eigenvalue weighted by Gasteiger charge is 2.17. The van der Waals surface area contributed by atoms with E-state index in [4.69, 9.17) is 15.2 Å². The summed E-state index contributed by atoms with van der Waals surface area (Å²) in [5.41, 5.74) is 8.12. The number of rotatable bonds is 3. The molecule has 1 saturated carbocycles. The first-order valence-corrected chi connectivity index (χ1v) is 8.17. The Kier molecular flexibility index (Phi) is 4.06. The average Bonchev–Trinajstić information content (AvgIpc) is 2.46. The maximum Gasteiger partial charge on any atom is 0.163 e. The summed E-state index contributed by atoms with van der Waals surface area (Å²) in [6, 6.07) is 3.96. The second kappa shape index (κ2) is 5.95. The van der Waals surface area contributed by atoms with Crippen LogP contribution in [0.5, 0.6) is 11.5 Å². The first-order valence-electron chi connectivity index (χ1n) is 7.12. The van der Waals surface area contributed by atoms with Gasteiger partial charge in [0, 0.05) is 22.8 Å². The molecule has 0 radical (unpaired) electrons. The standard InChI is InChI=1S/C15H21NO2S/c16-13-9-15-14(17-6-7-18-15)8-11(13)10-19-12-4-2-1-3-5-12/h8-9,12H,1-7,10,16H2. The Balaban J connectivity index is 1.66. The number of nitrogens with two attached hydrogens (primary N) is 1. The van der Waals surface area contributed by atoms with Gasteiger partial charge in [-0.3, -0.25) is 0 Å². The van der Waals surface area contributed by atoms with Crippen molar-refractivity contribution in [3.05, 3.63) is 17.7 Å². The third kappa shape index (κ3) is 3.11. The van der Waals surface area contributed by atoms with Crippen LogP contribution in [0, 0.1) is 0 Å². The fourth-order valence-corrected chi connectivity index (χ4v) is 4.04. The highest BCUT2D eigenvalue weighted by atomic mass is 32.2. The maximum atomic E-state index is 6.11. The zero-order valence-electron chi connectivity index (χ0n) is 11.2. The van der Waals surface area contributed by atoms with Gasteiger partial charge >= 0.3 is 0 Å². The molecule has 3 rings (SSSR count). The summed E-state index contributed by atoms with van der Waals surface area (Å²) >= 11 is 2.04. The number of fused-ring (bicyclic) bond motifs is 1. The van der Waals surface area contributed by atoms with E-state index in [9.17, 15) is 0 Å². The lowest BCUT2D eigenvalue weighted by atomic mass is 10.0. The Morgan fingerprint density at radius 2 is 1.74 bits per heavy atom. The second-order valence-electron chi connectivity index (χ2n) is 5.27. The van der Waals surface area contributed by atoms with Crippen molar-refractivity contribution in [1.82, 2.24) is 0 Å². The minimum absolute atomic E-state index is 0.614. The summed E-state index contributed by atoms with van der Waals surface area (Å²) in [7, 11) is 0. The van der Waals surface area contributed by atoms with Gasteiger partial charge in [0.05, 0.1) is 0 Å². The summed E-state index contributed by atoms with van der Waals surface area (Å²) in [4.78, 5) is 0. The molecule has 0 bridgehead atoms. The summed E-state index contributed by atoms with van der Waals surface area (Å²) in [6.07, 6.45) is 6.88. The fraction of sp³-hybridized carbons (Fsp3) is 0.600. The molecular weight excluding hydrogens is 258 g/mol. The highest BCUT2D eigenvalue weighted by Crippen LogP contribution is 2.37. The van der Waals surface area contributed by atoms with Crippen molar-refractivity contribution in [2.75, 3.05) is 18.9 Å². The van der Waals surface area contributed by atoms with Gasteiger partial charge in [-0.1, -0.05) is 19.3 Å². The van der Waals surface area contributed by atoms with Crippen LogP contribution in [0.25, 0.3) is 0 Å². The average molecular weight is 279 g/mol. The molecule has 0 atom stereocenters. The summed E-state index contributed by atoms with van der Waals surface area (Å²) in [5, 5.41) is 0.807. The molecule has 0 spiro atoms. The Morgan fingerprint density at radius 3 is 2.47 bits per heavy atom. The molecule has 3 nitrogen and oxygen atoms in total. The molecule has 1 aliphatic heterocycles. The van der Waals surface area contributed by atoms with Crippen molar-refractivity contribution >= 4 is 17.4 Å². The van der Waals surface area contributed by atoms with Crippen molar-refractivity contribution in [2.45, 2.75) is 43.1 Å². The molecule has 1 fully saturated rings. The van der Waals surface area contributed by atoms with Crippen molar-refractivity contribution in [3.63, 3.8) is 0 Å². The van der Waals surface area contributed by atoms with Gasteiger partial charge in [0.1, 0.15) is 13.2 Å². The number of ether oxygens (including phenoxy) is 2. The second-order valence-corrected chi connectivity index (χ2v) is 6.55. The van der Waals surface area contributed by atoms with E-state index in [1.165, 1.54) is 37.7 Å². The molecule has 1 aromatic carbocycles. The van der Waals surface area contributed by atoms with E-state index in [1.807, 2.05) is 17.8 Å². The van der Waals surface area contributed by atoms with Crippen LogP contribution in [0.1, 0.15) is 37.7 Å². The zero-order chi connectivity index (χ0) is 13.1. The van der Waals surface area contributed by atoms with E-state index in [0.717, 1.165) is 28.2 Å². The lowest BCUT2D eigenvalue weighted by Gasteiger charge is -2.23. The molecule has 0 amide bonds. The molecule has 2 N–H and O–H groups in total. The van der Waals surface area contributed by atoms with Crippen molar-refractivity contribution in [3.8, 4) is 11.5 Å². The smallest absolute Gasteiger partial charge is 0.163 e. The van der Waals surface area contributed by atoms with Gasteiger partial charge in [0.25, 0.3) is 0 Å². The SMILES string of the molecule is Nc1cc2c(cc1CSC1CCCCC1)OCCO2. The lowest BCUT2D eigenvalue weighted by molar-refractivity contribution is 0.171. The zero-order valence-corrected chi connectivity index (χ0v) is 12.0. The molecule has 0 unspecified atom stereocenters. The fourth-order valence-electron chi connectivity index (χ4n) is 2.71. The molecule has 19 heavy (non-hydrogen) atoms. The van der Waals surface area contributed by atoms with Gasteiger partial charge < -0.3 is 15.2 Å². The molecule has 0 aromatic heterocycles. The van der Waals surface area contributed by atoms with Crippen LogP contribution in [-0.2, 0) is 5.75 Å². The molecule has 1 aromatic rings. The summed E-state index contributed by atoms with van der Waals surface area (Å²) in [5.74, 6) is 2.61. The molecule has 4 heteroatoms. The van der Waals surface area contributed by atoms with Crippen molar-refractivity contribution < 1.29 is 9.47 Å². The van der Waals surface area contributed by atoms with Gasteiger partial charge in [-0.25, -0.2) is 0 Å². The van der Waals surface area contributed by atoms with E-state index >= 15 is 0 Å². The third-order valence-corrected chi connectivity index (χ3v) is 5.25. The lowest BCUT2D eigenvalue weighted by Crippen LogP contribution is -2.16. The minimum Gasteiger partial charge on any atom is -0.486 e. The van der Waals surface area contributed by atoms with Gasteiger partial charge in [-0.2, -0.15) is 11.8 Å². The van der Waals surface area contributed by atoms with Crippen LogP contribution >= 0.6 is 11.8 Å². The highest BCUT2D eigenvalue weighted by molar-refractivity contribution is 7.99. The normalized spacial score (nSPS) is 19.4. The first kappa shape index (κ1) is 13.0.